The third kappa shape index (κ3) is 4.42. The predicted octanol–water partition coefficient (Wildman–Crippen LogP) is 2.53. The number of hydrogen-bond donors (Lipinski definition) is 2. The topological polar surface area (TPSA) is 41.1 Å². The highest BCUT2D eigenvalue weighted by Gasteiger charge is 2.23. The highest BCUT2D eigenvalue weighted by molar-refractivity contribution is 7.10. The highest BCUT2D eigenvalue weighted by Crippen LogP contribution is 2.26. The van der Waals surface area contributed by atoms with E-state index >= 15 is 0 Å². The summed E-state index contributed by atoms with van der Waals surface area (Å²) in [6, 6.07) is 4.07. The highest BCUT2D eigenvalue weighted by atomic mass is 32.1. The summed E-state index contributed by atoms with van der Waals surface area (Å²) >= 11 is 1.76. The first-order valence-corrected chi connectivity index (χ1v) is 7.40. The number of nitrogens with one attached hydrogen (secondary N) is 2. The molecule has 0 aliphatic rings. The molecule has 1 atom stereocenters. The summed E-state index contributed by atoms with van der Waals surface area (Å²) in [5.41, 5.74) is 0.0630. The third-order valence-corrected chi connectivity index (χ3v) is 4.22. The zero-order valence-corrected chi connectivity index (χ0v) is 12.6. The normalized spacial score (nSPS) is 13.3. The van der Waals surface area contributed by atoms with Crippen molar-refractivity contribution in [1.82, 2.24) is 10.6 Å². The third-order valence-electron chi connectivity index (χ3n) is 2.98. The van der Waals surface area contributed by atoms with Crippen molar-refractivity contribution in [2.24, 2.45) is 0 Å². The standard InChI is InChI=1S/C14H24N2OS/c1-5-8-15-13(17)11(2)16-10-14(3,4)12-7-6-9-18-12/h6-7,9,11,16H,5,8,10H2,1-4H3,(H,15,17). The second kappa shape index (κ2) is 6.90. The van der Waals surface area contributed by atoms with Crippen molar-refractivity contribution in [3.8, 4) is 0 Å². The second-order valence-corrected chi connectivity index (χ2v) is 6.20. The minimum absolute atomic E-state index is 0.0630. The number of thiophene rings is 1. The van der Waals surface area contributed by atoms with Gasteiger partial charge in [0, 0.05) is 23.4 Å². The number of carbonyl (C=O) groups is 1. The van der Waals surface area contributed by atoms with Crippen LogP contribution in [-0.4, -0.2) is 25.0 Å². The molecule has 1 amide bonds. The van der Waals surface area contributed by atoms with E-state index in [-0.39, 0.29) is 17.4 Å². The van der Waals surface area contributed by atoms with Gasteiger partial charge in [-0.25, -0.2) is 0 Å². The minimum atomic E-state index is -0.143. The van der Waals surface area contributed by atoms with Crippen LogP contribution in [0.1, 0.15) is 39.0 Å². The van der Waals surface area contributed by atoms with Gasteiger partial charge in [-0.2, -0.15) is 0 Å². The van der Waals surface area contributed by atoms with E-state index < -0.39 is 0 Å². The Kier molecular flexibility index (Phi) is 5.82. The molecule has 1 rings (SSSR count). The lowest BCUT2D eigenvalue weighted by Gasteiger charge is -2.26. The summed E-state index contributed by atoms with van der Waals surface area (Å²) in [5.74, 6) is 0.0822. The molecule has 0 aliphatic carbocycles. The van der Waals surface area contributed by atoms with Gasteiger partial charge in [0.2, 0.25) is 5.91 Å². The molecule has 1 aromatic rings. The molecule has 0 radical (unpaired) electrons. The Morgan fingerprint density at radius 1 is 1.50 bits per heavy atom. The first kappa shape index (κ1) is 15.2. The van der Waals surface area contributed by atoms with Crippen LogP contribution in [0.3, 0.4) is 0 Å². The molecular weight excluding hydrogens is 244 g/mol. The van der Waals surface area contributed by atoms with Crippen LogP contribution < -0.4 is 10.6 Å². The summed E-state index contributed by atoms with van der Waals surface area (Å²) in [6.07, 6.45) is 0.971. The lowest BCUT2D eigenvalue weighted by molar-refractivity contribution is -0.122. The summed E-state index contributed by atoms with van der Waals surface area (Å²) in [7, 11) is 0. The summed E-state index contributed by atoms with van der Waals surface area (Å²) in [6.45, 7) is 9.91. The van der Waals surface area contributed by atoms with Crippen LogP contribution in [0.25, 0.3) is 0 Å². The molecule has 0 fully saturated rings. The Bertz CT molecular complexity index is 360. The van der Waals surface area contributed by atoms with Crippen LogP contribution in [0.2, 0.25) is 0 Å². The maximum Gasteiger partial charge on any atom is 0.236 e. The van der Waals surface area contributed by atoms with Gasteiger partial charge >= 0.3 is 0 Å². The smallest absolute Gasteiger partial charge is 0.236 e. The summed E-state index contributed by atoms with van der Waals surface area (Å²) in [5, 5.41) is 8.31. The Morgan fingerprint density at radius 3 is 2.78 bits per heavy atom. The minimum Gasteiger partial charge on any atom is -0.355 e. The van der Waals surface area contributed by atoms with Gasteiger partial charge in [-0.05, 0) is 24.8 Å². The van der Waals surface area contributed by atoms with Crippen LogP contribution >= 0.6 is 11.3 Å². The molecule has 0 aliphatic heterocycles. The molecule has 0 saturated heterocycles. The molecule has 1 unspecified atom stereocenters. The summed E-state index contributed by atoms with van der Waals surface area (Å²) in [4.78, 5) is 13.1. The quantitative estimate of drug-likeness (QED) is 0.798. The van der Waals surface area contributed by atoms with Gasteiger partial charge in [0.05, 0.1) is 6.04 Å². The van der Waals surface area contributed by atoms with E-state index in [1.54, 1.807) is 11.3 Å². The Morgan fingerprint density at radius 2 is 2.22 bits per heavy atom. The maximum absolute atomic E-state index is 11.7. The van der Waals surface area contributed by atoms with Gasteiger partial charge in [-0.15, -0.1) is 11.3 Å². The van der Waals surface area contributed by atoms with Crippen molar-refractivity contribution < 1.29 is 4.79 Å². The SMILES string of the molecule is CCCNC(=O)C(C)NCC(C)(C)c1cccs1. The van der Waals surface area contributed by atoms with Gasteiger partial charge in [-0.3, -0.25) is 4.79 Å². The lowest BCUT2D eigenvalue weighted by atomic mass is 9.91. The Hall–Kier alpha value is -0.870. The first-order valence-electron chi connectivity index (χ1n) is 6.52. The van der Waals surface area contributed by atoms with Crippen LogP contribution in [0.4, 0.5) is 0 Å². The van der Waals surface area contributed by atoms with Crippen LogP contribution in [0.5, 0.6) is 0 Å². The van der Waals surface area contributed by atoms with Gasteiger partial charge < -0.3 is 10.6 Å². The van der Waals surface area contributed by atoms with Gasteiger partial charge in [-0.1, -0.05) is 26.8 Å². The summed E-state index contributed by atoms with van der Waals surface area (Å²) < 4.78 is 0. The number of amides is 1. The van der Waals surface area contributed by atoms with E-state index in [9.17, 15) is 4.79 Å². The Balaban J connectivity index is 2.42. The van der Waals surface area contributed by atoms with E-state index in [1.807, 2.05) is 6.92 Å². The monoisotopic (exact) mass is 268 g/mol. The van der Waals surface area contributed by atoms with Gasteiger partial charge in [0.25, 0.3) is 0 Å². The molecule has 0 aromatic carbocycles. The van der Waals surface area contributed by atoms with Crippen molar-refractivity contribution in [1.29, 1.82) is 0 Å². The number of rotatable bonds is 7. The van der Waals surface area contributed by atoms with Crippen molar-refractivity contribution >= 4 is 17.2 Å². The zero-order chi connectivity index (χ0) is 13.6. The van der Waals surface area contributed by atoms with E-state index in [1.165, 1.54) is 4.88 Å². The predicted molar refractivity (Wildman–Crippen MR) is 78.1 cm³/mol. The van der Waals surface area contributed by atoms with Crippen molar-refractivity contribution in [2.45, 2.75) is 45.6 Å². The van der Waals surface area contributed by atoms with Crippen LogP contribution in [-0.2, 0) is 10.2 Å². The molecule has 0 saturated carbocycles. The van der Waals surface area contributed by atoms with E-state index in [0.29, 0.717) is 0 Å². The molecule has 18 heavy (non-hydrogen) atoms. The van der Waals surface area contributed by atoms with Crippen molar-refractivity contribution in [3.05, 3.63) is 22.4 Å². The molecule has 4 heteroatoms. The van der Waals surface area contributed by atoms with Crippen molar-refractivity contribution in [2.75, 3.05) is 13.1 Å². The molecular formula is C14H24N2OS. The molecule has 2 N–H and O–H groups in total. The van der Waals surface area contributed by atoms with Gasteiger partial charge in [0.1, 0.15) is 0 Å². The molecule has 0 spiro atoms. The van der Waals surface area contributed by atoms with Crippen molar-refractivity contribution in [3.63, 3.8) is 0 Å². The van der Waals surface area contributed by atoms with E-state index in [4.69, 9.17) is 0 Å². The fourth-order valence-corrected chi connectivity index (χ4v) is 2.51. The molecule has 102 valence electrons. The average molecular weight is 268 g/mol. The number of hydrogen-bond acceptors (Lipinski definition) is 3. The maximum atomic E-state index is 11.7. The molecule has 3 nitrogen and oxygen atoms in total. The first-order chi connectivity index (χ1) is 8.47. The van der Waals surface area contributed by atoms with Crippen LogP contribution in [0.15, 0.2) is 17.5 Å². The molecule has 0 bridgehead atoms. The lowest BCUT2D eigenvalue weighted by Crippen LogP contribution is -2.46. The zero-order valence-electron chi connectivity index (χ0n) is 11.7. The number of carbonyl (C=O) groups excluding carboxylic acids is 1. The van der Waals surface area contributed by atoms with E-state index in [0.717, 1.165) is 19.5 Å². The van der Waals surface area contributed by atoms with Gasteiger partial charge in [0.15, 0.2) is 0 Å². The fourth-order valence-electron chi connectivity index (χ4n) is 1.65. The van der Waals surface area contributed by atoms with Crippen LogP contribution in [0, 0.1) is 0 Å². The fraction of sp³-hybridized carbons (Fsp3) is 0.643. The Labute approximate surface area is 114 Å². The van der Waals surface area contributed by atoms with E-state index in [2.05, 4.69) is 48.9 Å². The average Bonchev–Trinajstić information content (AvgIpc) is 2.87. The molecule has 1 aromatic heterocycles. The largest absolute Gasteiger partial charge is 0.355 e. The molecule has 1 heterocycles. The second-order valence-electron chi connectivity index (χ2n) is 5.25.